The first-order valence-electron chi connectivity index (χ1n) is 9.91. The number of aryl methyl sites for hydroxylation is 2. The Morgan fingerprint density at radius 1 is 1.04 bits per heavy atom. The van der Waals surface area contributed by atoms with Gasteiger partial charge in [0.15, 0.2) is 0 Å². The van der Waals surface area contributed by atoms with Crippen LogP contribution in [0.1, 0.15) is 49.1 Å². The molecule has 0 N–H and O–H groups in total. The molecule has 0 amide bonds. The zero-order valence-corrected chi connectivity index (χ0v) is 15.4. The molecule has 6 rings (SSSR count). The molecule has 4 atom stereocenters. The average molecular weight is 336 g/mol. The fourth-order valence-corrected chi connectivity index (χ4v) is 5.74. The van der Waals surface area contributed by atoms with Crippen LogP contribution in [-0.2, 0) is 6.54 Å². The van der Waals surface area contributed by atoms with Gasteiger partial charge in [-0.05, 0) is 75.8 Å². The normalized spacial score (nSPS) is 31.4. The first-order chi connectivity index (χ1) is 12.1. The Kier molecular flexibility index (Phi) is 3.74. The highest BCUT2D eigenvalue weighted by Crippen LogP contribution is 2.47. The summed E-state index contributed by atoms with van der Waals surface area (Å²) in [5.41, 5.74) is 3.47. The van der Waals surface area contributed by atoms with Crippen molar-refractivity contribution in [1.82, 2.24) is 9.88 Å². The number of fused-ring (bicyclic) bond motifs is 1. The van der Waals surface area contributed by atoms with E-state index < -0.39 is 0 Å². The average Bonchev–Trinajstić information content (AvgIpc) is 2.83. The molecule has 2 aliphatic heterocycles. The molecule has 3 heterocycles. The Bertz CT molecular complexity index is 766. The molecule has 4 aliphatic rings. The molecule has 1 aromatic carbocycles. The molecular weight excluding hydrogens is 308 g/mol. The highest BCUT2D eigenvalue weighted by molar-refractivity contribution is 5.54. The van der Waals surface area contributed by atoms with Crippen LogP contribution in [0.4, 0.5) is 0 Å². The van der Waals surface area contributed by atoms with Crippen molar-refractivity contribution in [3.8, 4) is 11.5 Å². The van der Waals surface area contributed by atoms with Gasteiger partial charge in [-0.15, -0.1) is 0 Å². The molecule has 3 heteroatoms. The van der Waals surface area contributed by atoms with Gasteiger partial charge in [-0.2, -0.15) is 0 Å². The fourth-order valence-electron chi connectivity index (χ4n) is 5.74. The van der Waals surface area contributed by atoms with Gasteiger partial charge in [-0.1, -0.05) is 17.7 Å². The second kappa shape index (κ2) is 5.98. The number of nitrogens with zero attached hydrogens (tertiary/aromatic N) is 2. The summed E-state index contributed by atoms with van der Waals surface area (Å²) in [6, 6.07) is 9.21. The third kappa shape index (κ3) is 2.93. The number of hydrogen-bond acceptors (Lipinski definition) is 3. The monoisotopic (exact) mass is 336 g/mol. The van der Waals surface area contributed by atoms with Gasteiger partial charge in [0.25, 0.3) is 0 Å². The molecule has 1 aromatic heterocycles. The summed E-state index contributed by atoms with van der Waals surface area (Å²) in [4.78, 5) is 7.61. The lowest BCUT2D eigenvalue weighted by atomic mass is 9.68. The minimum absolute atomic E-state index is 0.773. The van der Waals surface area contributed by atoms with Crippen molar-refractivity contribution in [3.05, 3.63) is 41.3 Å². The molecule has 0 spiro atoms. The summed E-state index contributed by atoms with van der Waals surface area (Å²) in [6.07, 6.45) is 7.26. The van der Waals surface area contributed by atoms with Crippen molar-refractivity contribution in [3.63, 3.8) is 0 Å². The summed E-state index contributed by atoms with van der Waals surface area (Å²) < 4.78 is 6.03. The van der Waals surface area contributed by atoms with E-state index in [0.29, 0.717) is 0 Å². The van der Waals surface area contributed by atoms with Crippen molar-refractivity contribution in [2.45, 2.75) is 58.5 Å². The van der Waals surface area contributed by atoms with Crippen LogP contribution in [0.2, 0.25) is 0 Å². The molecule has 3 nitrogen and oxygen atoms in total. The Morgan fingerprint density at radius 2 is 1.80 bits per heavy atom. The van der Waals surface area contributed by atoms with Gasteiger partial charge in [0.1, 0.15) is 5.76 Å². The van der Waals surface area contributed by atoms with Crippen molar-refractivity contribution >= 4 is 0 Å². The van der Waals surface area contributed by atoms with E-state index >= 15 is 0 Å². The van der Waals surface area contributed by atoms with Crippen molar-refractivity contribution in [2.75, 3.05) is 6.54 Å². The Hall–Kier alpha value is -1.61. The van der Waals surface area contributed by atoms with E-state index in [-0.39, 0.29) is 0 Å². The highest BCUT2D eigenvalue weighted by atomic mass is 16.4. The molecule has 2 saturated carbocycles. The lowest BCUT2D eigenvalue weighted by Crippen LogP contribution is -2.37. The predicted molar refractivity (Wildman–Crippen MR) is 99.2 cm³/mol. The van der Waals surface area contributed by atoms with Crippen LogP contribution in [0.15, 0.2) is 28.7 Å². The predicted octanol–water partition coefficient (Wildman–Crippen LogP) is 4.97. The van der Waals surface area contributed by atoms with Gasteiger partial charge in [-0.25, -0.2) is 4.98 Å². The third-order valence-electron chi connectivity index (χ3n) is 6.73. The molecule has 2 saturated heterocycles. The minimum atomic E-state index is 0.773. The molecule has 2 aromatic rings. The third-order valence-corrected chi connectivity index (χ3v) is 6.73. The standard InChI is InChI=1S/C22H28N2O/c1-14-4-3-5-19(6-14)22-23-21(15(2)25-22)13-24-12-18-8-16-7-17(9-18)11-20(24)10-16/h3-6,16-18,20H,7-13H2,1-2H3/t16-,17+,18?,20?. The summed E-state index contributed by atoms with van der Waals surface area (Å²) in [5.74, 6) is 4.67. The Labute approximate surface area is 150 Å². The number of aromatic nitrogens is 1. The second-order valence-corrected chi connectivity index (χ2v) is 8.75. The number of rotatable bonds is 3. The molecular formula is C22H28N2O. The molecule has 0 radical (unpaired) electrons. The van der Waals surface area contributed by atoms with Crippen LogP contribution in [0.3, 0.4) is 0 Å². The van der Waals surface area contributed by atoms with Gasteiger partial charge in [0, 0.05) is 24.7 Å². The lowest BCUT2D eigenvalue weighted by Gasteiger charge is -2.39. The van der Waals surface area contributed by atoms with E-state index in [1.165, 1.54) is 44.2 Å². The van der Waals surface area contributed by atoms with E-state index in [2.05, 4.69) is 43.0 Å². The topological polar surface area (TPSA) is 29.3 Å². The van der Waals surface area contributed by atoms with E-state index in [1.54, 1.807) is 0 Å². The van der Waals surface area contributed by atoms with E-state index in [9.17, 15) is 0 Å². The van der Waals surface area contributed by atoms with Gasteiger partial charge in [-0.3, -0.25) is 4.90 Å². The number of oxazole rings is 1. The SMILES string of the molecule is Cc1cccc(-c2nc(CN3CC4C[C@@H]5CC3C[C@H](C4)C5)c(C)o2)c1. The van der Waals surface area contributed by atoms with Crippen LogP contribution >= 0.6 is 0 Å². The maximum atomic E-state index is 6.03. The molecule has 132 valence electrons. The van der Waals surface area contributed by atoms with Crippen LogP contribution < -0.4 is 0 Å². The van der Waals surface area contributed by atoms with Crippen LogP contribution in [-0.4, -0.2) is 22.5 Å². The van der Waals surface area contributed by atoms with E-state index in [4.69, 9.17) is 9.40 Å². The number of hydrogen-bond donors (Lipinski definition) is 0. The number of benzene rings is 1. The molecule has 4 bridgehead atoms. The largest absolute Gasteiger partial charge is 0.441 e. The molecule has 2 aliphatic carbocycles. The van der Waals surface area contributed by atoms with E-state index in [0.717, 1.165) is 53.2 Å². The summed E-state index contributed by atoms with van der Waals surface area (Å²) >= 11 is 0. The van der Waals surface area contributed by atoms with Crippen LogP contribution in [0.25, 0.3) is 11.5 Å². The zero-order valence-electron chi connectivity index (χ0n) is 15.4. The van der Waals surface area contributed by atoms with Crippen LogP contribution in [0, 0.1) is 31.6 Å². The Balaban J connectivity index is 1.39. The summed E-state index contributed by atoms with van der Waals surface area (Å²) in [6.45, 7) is 6.41. The Morgan fingerprint density at radius 3 is 2.56 bits per heavy atom. The van der Waals surface area contributed by atoms with Gasteiger partial charge < -0.3 is 4.42 Å². The van der Waals surface area contributed by atoms with Crippen LogP contribution in [0.5, 0.6) is 0 Å². The highest BCUT2D eigenvalue weighted by Gasteiger charge is 2.42. The summed E-state index contributed by atoms with van der Waals surface area (Å²) in [7, 11) is 0. The maximum absolute atomic E-state index is 6.03. The first-order valence-corrected chi connectivity index (χ1v) is 9.91. The smallest absolute Gasteiger partial charge is 0.226 e. The van der Waals surface area contributed by atoms with Crippen molar-refractivity contribution < 1.29 is 4.42 Å². The van der Waals surface area contributed by atoms with Crippen molar-refractivity contribution in [2.24, 2.45) is 17.8 Å². The van der Waals surface area contributed by atoms with Gasteiger partial charge >= 0.3 is 0 Å². The van der Waals surface area contributed by atoms with Gasteiger partial charge in [0.2, 0.25) is 5.89 Å². The molecule has 25 heavy (non-hydrogen) atoms. The molecule has 4 fully saturated rings. The lowest BCUT2D eigenvalue weighted by molar-refractivity contribution is 0.121. The van der Waals surface area contributed by atoms with Crippen molar-refractivity contribution in [1.29, 1.82) is 0 Å². The minimum Gasteiger partial charge on any atom is -0.441 e. The second-order valence-electron chi connectivity index (χ2n) is 8.75. The summed E-state index contributed by atoms with van der Waals surface area (Å²) in [5, 5.41) is 0. The fraction of sp³-hybridized carbons (Fsp3) is 0.591. The van der Waals surface area contributed by atoms with Gasteiger partial charge in [0.05, 0.1) is 5.69 Å². The molecule has 2 unspecified atom stereocenters. The quantitative estimate of drug-likeness (QED) is 0.792. The zero-order chi connectivity index (χ0) is 17.0. The maximum Gasteiger partial charge on any atom is 0.226 e. The van der Waals surface area contributed by atoms with E-state index in [1.807, 2.05) is 0 Å². The first kappa shape index (κ1) is 15.6.